The smallest absolute Gasteiger partial charge is 0.190 e. The Balaban J connectivity index is 1.50. The average molecular weight is 457 g/mol. The summed E-state index contributed by atoms with van der Waals surface area (Å²) >= 11 is 0. The Morgan fingerprint density at radius 2 is 1.62 bits per heavy atom. The summed E-state index contributed by atoms with van der Waals surface area (Å²) in [6.07, 6.45) is -10.3. The standard InChI is InChI=1S/C21H31NO10/c1-21(2)31-18-15(25)12(30-20(18)32-21)8-22(28-10-11-6-4-3-5-7-11)19-17(27)16(26)14(24)13(9-23)29-19/h3-7,12-20,23-27H,8-10H2,1-2H3/t12-,13-,14-,15+,16+,17-,18-,19-,20-/m1/s1. The number of aliphatic hydroxyl groups excluding tert-OH is 5. The van der Waals surface area contributed by atoms with E-state index in [-0.39, 0.29) is 13.2 Å². The van der Waals surface area contributed by atoms with E-state index in [4.69, 9.17) is 23.8 Å². The summed E-state index contributed by atoms with van der Waals surface area (Å²) < 4.78 is 22.9. The minimum Gasteiger partial charge on any atom is -0.394 e. The highest BCUT2D eigenvalue weighted by atomic mass is 16.8. The van der Waals surface area contributed by atoms with E-state index >= 15 is 0 Å². The van der Waals surface area contributed by atoms with Crippen LogP contribution in [0.3, 0.4) is 0 Å². The molecule has 0 unspecified atom stereocenters. The molecule has 32 heavy (non-hydrogen) atoms. The Labute approximate surface area is 185 Å². The van der Waals surface area contributed by atoms with Crippen molar-refractivity contribution in [2.75, 3.05) is 13.2 Å². The third kappa shape index (κ3) is 4.83. The Morgan fingerprint density at radius 3 is 2.28 bits per heavy atom. The van der Waals surface area contributed by atoms with Gasteiger partial charge in [0, 0.05) is 0 Å². The number of nitrogens with zero attached hydrogens (tertiary/aromatic N) is 1. The van der Waals surface area contributed by atoms with Gasteiger partial charge in [0.15, 0.2) is 18.3 Å². The number of rotatable bonds is 7. The van der Waals surface area contributed by atoms with Crippen molar-refractivity contribution in [2.24, 2.45) is 0 Å². The maximum absolute atomic E-state index is 10.7. The van der Waals surface area contributed by atoms with Gasteiger partial charge in [-0.25, -0.2) is 0 Å². The van der Waals surface area contributed by atoms with Gasteiger partial charge in [-0.05, 0) is 19.4 Å². The van der Waals surface area contributed by atoms with Crippen LogP contribution in [0.1, 0.15) is 19.4 Å². The van der Waals surface area contributed by atoms with Crippen LogP contribution in [0, 0.1) is 0 Å². The van der Waals surface area contributed by atoms with E-state index in [1.54, 1.807) is 13.8 Å². The summed E-state index contributed by atoms with van der Waals surface area (Å²) in [6.45, 7) is 2.90. The van der Waals surface area contributed by atoms with Crippen LogP contribution in [0.25, 0.3) is 0 Å². The normalized spacial score (nSPS) is 41.2. The Bertz CT molecular complexity index is 749. The maximum atomic E-state index is 10.7. The van der Waals surface area contributed by atoms with E-state index < -0.39 is 67.6 Å². The molecule has 1 aromatic carbocycles. The molecule has 0 spiro atoms. The van der Waals surface area contributed by atoms with Crippen molar-refractivity contribution in [3.05, 3.63) is 35.9 Å². The SMILES string of the molecule is CC1(C)O[C@H]2O[C@H](CN(OCc3ccccc3)[C@@H]3O[C@H](CO)[C@@H](O)[C@H](O)[C@H]3O)[C@H](O)[C@H]2O1. The summed E-state index contributed by atoms with van der Waals surface area (Å²) in [4.78, 5) is 5.89. The van der Waals surface area contributed by atoms with E-state index in [0.717, 1.165) is 5.56 Å². The monoisotopic (exact) mass is 457 g/mol. The summed E-state index contributed by atoms with van der Waals surface area (Å²) in [5, 5.41) is 52.4. The molecule has 4 rings (SSSR count). The fraction of sp³-hybridized carbons (Fsp3) is 0.714. The number of aliphatic hydroxyl groups is 5. The number of hydrogen-bond acceptors (Lipinski definition) is 11. The Kier molecular flexibility index (Phi) is 7.15. The third-order valence-electron chi connectivity index (χ3n) is 5.87. The fourth-order valence-electron chi connectivity index (χ4n) is 4.17. The number of hydroxylamine groups is 2. The van der Waals surface area contributed by atoms with Crippen molar-refractivity contribution in [2.45, 2.75) is 81.5 Å². The molecular weight excluding hydrogens is 426 g/mol. The van der Waals surface area contributed by atoms with Crippen molar-refractivity contribution in [1.29, 1.82) is 0 Å². The van der Waals surface area contributed by atoms with Crippen molar-refractivity contribution in [3.8, 4) is 0 Å². The molecule has 3 saturated heterocycles. The predicted molar refractivity (Wildman–Crippen MR) is 106 cm³/mol. The summed E-state index contributed by atoms with van der Waals surface area (Å²) in [6, 6.07) is 9.25. The zero-order chi connectivity index (χ0) is 23.0. The highest BCUT2D eigenvalue weighted by Crippen LogP contribution is 2.38. The van der Waals surface area contributed by atoms with Gasteiger partial charge in [0.1, 0.15) is 42.7 Å². The molecule has 11 nitrogen and oxygen atoms in total. The van der Waals surface area contributed by atoms with Gasteiger partial charge in [-0.15, -0.1) is 0 Å². The van der Waals surface area contributed by atoms with Crippen LogP contribution >= 0.6 is 0 Å². The van der Waals surface area contributed by atoms with Gasteiger partial charge in [0.2, 0.25) is 0 Å². The van der Waals surface area contributed by atoms with Gasteiger partial charge in [0.05, 0.1) is 19.8 Å². The predicted octanol–water partition coefficient (Wildman–Crippen LogP) is -1.54. The van der Waals surface area contributed by atoms with Crippen molar-refractivity contribution >= 4 is 0 Å². The van der Waals surface area contributed by atoms with Crippen LogP contribution in [0.4, 0.5) is 0 Å². The lowest BCUT2D eigenvalue weighted by Gasteiger charge is -2.44. The van der Waals surface area contributed by atoms with Crippen LogP contribution in [-0.4, -0.2) is 105 Å². The van der Waals surface area contributed by atoms with Crippen LogP contribution in [0.2, 0.25) is 0 Å². The van der Waals surface area contributed by atoms with Gasteiger partial charge in [-0.1, -0.05) is 30.3 Å². The van der Waals surface area contributed by atoms with E-state index in [1.807, 2.05) is 30.3 Å². The molecule has 0 aromatic heterocycles. The molecule has 0 aliphatic carbocycles. The van der Waals surface area contributed by atoms with E-state index in [2.05, 4.69) is 0 Å². The highest BCUT2D eigenvalue weighted by molar-refractivity contribution is 5.13. The van der Waals surface area contributed by atoms with Crippen molar-refractivity contribution in [3.63, 3.8) is 0 Å². The van der Waals surface area contributed by atoms with Crippen LogP contribution in [0.15, 0.2) is 30.3 Å². The number of benzene rings is 1. The molecule has 3 fully saturated rings. The van der Waals surface area contributed by atoms with Gasteiger partial charge in [-0.2, -0.15) is 5.06 Å². The minimum absolute atomic E-state index is 0.0726. The molecule has 11 heteroatoms. The lowest BCUT2D eigenvalue weighted by atomic mass is 9.98. The van der Waals surface area contributed by atoms with E-state index in [0.29, 0.717) is 0 Å². The third-order valence-corrected chi connectivity index (χ3v) is 5.87. The van der Waals surface area contributed by atoms with Gasteiger partial charge < -0.3 is 44.5 Å². The molecule has 0 radical (unpaired) electrons. The Hall–Kier alpha value is -1.22. The van der Waals surface area contributed by atoms with E-state index in [1.165, 1.54) is 5.06 Å². The lowest BCUT2D eigenvalue weighted by Crippen LogP contribution is -2.64. The first-order valence-corrected chi connectivity index (χ1v) is 10.6. The van der Waals surface area contributed by atoms with Crippen LogP contribution < -0.4 is 0 Å². The average Bonchev–Trinajstić information content (AvgIpc) is 3.22. The second-order valence-corrected chi connectivity index (χ2v) is 8.71. The second-order valence-electron chi connectivity index (χ2n) is 8.71. The molecule has 180 valence electrons. The van der Waals surface area contributed by atoms with Crippen LogP contribution in [-0.2, 0) is 30.4 Å². The van der Waals surface area contributed by atoms with Gasteiger partial charge >= 0.3 is 0 Å². The number of fused-ring (bicyclic) bond motifs is 1. The highest BCUT2D eigenvalue weighted by Gasteiger charge is 2.55. The van der Waals surface area contributed by atoms with E-state index in [9.17, 15) is 25.5 Å². The summed E-state index contributed by atoms with van der Waals surface area (Å²) in [5.74, 6) is -0.887. The molecule has 1 aromatic rings. The fourth-order valence-corrected chi connectivity index (χ4v) is 4.17. The molecule has 0 bridgehead atoms. The zero-order valence-corrected chi connectivity index (χ0v) is 17.9. The number of hydrogen-bond donors (Lipinski definition) is 5. The molecule has 3 heterocycles. The molecule has 0 amide bonds. The largest absolute Gasteiger partial charge is 0.394 e. The van der Waals surface area contributed by atoms with Crippen molar-refractivity contribution < 1.29 is 49.3 Å². The summed E-state index contributed by atoms with van der Waals surface area (Å²) in [5.41, 5.74) is 0.834. The quantitative estimate of drug-likeness (QED) is 0.303. The molecule has 3 aliphatic rings. The topological polar surface area (TPSA) is 151 Å². The number of ether oxygens (including phenoxy) is 4. The molecule has 5 N–H and O–H groups in total. The molecular formula is C21H31NO10. The Morgan fingerprint density at radius 1 is 0.906 bits per heavy atom. The van der Waals surface area contributed by atoms with Crippen molar-refractivity contribution in [1.82, 2.24) is 5.06 Å². The lowest BCUT2D eigenvalue weighted by molar-refractivity contribution is -0.345. The second kappa shape index (κ2) is 9.57. The molecule has 0 saturated carbocycles. The van der Waals surface area contributed by atoms with Gasteiger partial charge in [-0.3, -0.25) is 4.84 Å². The minimum atomic E-state index is -1.57. The first-order chi connectivity index (χ1) is 15.2. The van der Waals surface area contributed by atoms with Crippen LogP contribution in [0.5, 0.6) is 0 Å². The zero-order valence-electron chi connectivity index (χ0n) is 17.9. The molecule has 9 atom stereocenters. The first kappa shape index (κ1) is 23.9. The first-order valence-electron chi connectivity index (χ1n) is 10.6. The maximum Gasteiger partial charge on any atom is 0.190 e. The summed E-state index contributed by atoms with van der Waals surface area (Å²) in [7, 11) is 0. The molecule has 3 aliphatic heterocycles. The van der Waals surface area contributed by atoms with Gasteiger partial charge in [0.25, 0.3) is 0 Å².